The number of allylic oxidation sites excluding steroid dienone is 4. The Morgan fingerprint density at radius 2 is 0.704 bits per heavy atom. The molecule has 0 saturated carbocycles. The van der Waals surface area contributed by atoms with Crippen LogP contribution in [0.4, 0.5) is 0 Å². The van der Waals surface area contributed by atoms with Crippen molar-refractivity contribution in [2.24, 2.45) is 0 Å². The molecule has 0 aromatic rings. The van der Waals surface area contributed by atoms with Crippen LogP contribution in [0.15, 0.2) is 24.3 Å². The lowest BCUT2D eigenvalue weighted by Gasteiger charge is -2.22. The van der Waals surface area contributed by atoms with Gasteiger partial charge in [-0.1, -0.05) is 308 Å². The maximum Gasteiger partial charge on any atom is 0.305 e. The number of aliphatic hydroxyl groups is 2. The summed E-state index contributed by atoms with van der Waals surface area (Å²) < 4.78 is 5.48. The molecule has 0 bridgehead atoms. The second-order valence-electron chi connectivity index (χ2n) is 22.1. The summed E-state index contributed by atoms with van der Waals surface area (Å²) in [4.78, 5) is 24.6. The topological polar surface area (TPSA) is 95.9 Å². The number of nitrogens with one attached hydrogen (secondary N) is 1. The second kappa shape index (κ2) is 60.9. The molecule has 1 amide bonds. The fraction of sp³-hybridized carbons (Fsp3) is 0.908. The van der Waals surface area contributed by atoms with E-state index in [4.69, 9.17) is 4.74 Å². The predicted molar refractivity (Wildman–Crippen MR) is 310 cm³/mol. The average Bonchev–Trinajstić information content (AvgIpc) is 3.37. The quantitative estimate of drug-likeness (QED) is 0.0320. The number of hydrogen-bond acceptors (Lipinski definition) is 5. The van der Waals surface area contributed by atoms with Gasteiger partial charge in [-0.25, -0.2) is 0 Å². The number of carbonyl (C=O) groups is 2. The van der Waals surface area contributed by atoms with Gasteiger partial charge in [0.15, 0.2) is 0 Å². The molecule has 0 aromatic carbocycles. The van der Waals surface area contributed by atoms with Crippen molar-refractivity contribution < 1.29 is 24.5 Å². The average molecular weight is 1000 g/mol. The molecule has 6 heteroatoms. The Bertz CT molecular complexity index is 1110. The van der Waals surface area contributed by atoms with E-state index >= 15 is 0 Å². The minimum Gasteiger partial charge on any atom is -0.466 e. The molecule has 71 heavy (non-hydrogen) atoms. The lowest BCUT2D eigenvalue weighted by Crippen LogP contribution is -2.45. The van der Waals surface area contributed by atoms with Crippen molar-refractivity contribution in [2.75, 3.05) is 13.2 Å². The van der Waals surface area contributed by atoms with Crippen LogP contribution >= 0.6 is 0 Å². The summed E-state index contributed by atoms with van der Waals surface area (Å²) >= 11 is 0. The molecule has 0 spiro atoms. The highest BCUT2D eigenvalue weighted by Gasteiger charge is 2.20. The van der Waals surface area contributed by atoms with Crippen LogP contribution < -0.4 is 5.32 Å². The Kier molecular flexibility index (Phi) is 59.5. The molecule has 0 rings (SSSR count). The first-order valence-corrected chi connectivity index (χ1v) is 32.1. The Morgan fingerprint density at radius 3 is 1.10 bits per heavy atom. The van der Waals surface area contributed by atoms with E-state index < -0.39 is 12.1 Å². The molecular weight excluding hydrogens is 875 g/mol. The Hall–Kier alpha value is -1.66. The van der Waals surface area contributed by atoms with Crippen molar-refractivity contribution in [3.05, 3.63) is 24.3 Å². The highest BCUT2D eigenvalue weighted by atomic mass is 16.5. The predicted octanol–water partition coefficient (Wildman–Crippen LogP) is 20.2. The van der Waals surface area contributed by atoms with E-state index in [2.05, 4.69) is 43.5 Å². The van der Waals surface area contributed by atoms with Crippen LogP contribution in [0.5, 0.6) is 0 Å². The third-order valence-electron chi connectivity index (χ3n) is 15.0. The molecular formula is C65H125NO5. The maximum absolute atomic E-state index is 12.5. The van der Waals surface area contributed by atoms with Crippen LogP contribution in [-0.2, 0) is 14.3 Å². The monoisotopic (exact) mass is 1000 g/mol. The molecule has 3 N–H and O–H groups in total. The van der Waals surface area contributed by atoms with E-state index in [0.29, 0.717) is 25.9 Å². The molecule has 0 aliphatic heterocycles. The van der Waals surface area contributed by atoms with E-state index in [1.54, 1.807) is 0 Å². The van der Waals surface area contributed by atoms with Crippen LogP contribution in [0.25, 0.3) is 0 Å². The first-order valence-electron chi connectivity index (χ1n) is 32.1. The van der Waals surface area contributed by atoms with E-state index in [0.717, 1.165) is 51.4 Å². The van der Waals surface area contributed by atoms with Crippen LogP contribution in [0, 0.1) is 0 Å². The molecule has 0 fully saturated rings. The highest BCUT2D eigenvalue weighted by Crippen LogP contribution is 2.18. The van der Waals surface area contributed by atoms with Gasteiger partial charge in [-0.15, -0.1) is 0 Å². The molecule has 2 unspecified atom stereocenters. The van der Waals surface area contributed by atoms with Crippen molar-refractivity contribution in [1.29, 1.82) is 0 Å². The Morgan fingerprint density at radius 1 is 0.394 bits per heavy atom. The lowest BCUT2D eigenvalue weighted by atomic mass is 10.0. The Labute approximate surface area is 443 Å². The number of esters is 1. The zero-order chi connectivity index (χ0) is 51.4. The fourth-order valence-electron chi connectivity index (χ4n) is 10.1. The van der Waals surface area contributed by atoms with Crippen molar-refractivity contribution in [3.63, 3.8) is 0 Å². The molecule has 0 aliphatic carbocycles. The van der Waals surface area contributed by atoms with Crippen LogP contribution in [0.3, 0.4) is 0 Å². The van der Waals surface area contributed by atoms with Crippen molar-refractivity contribution in [1.82, 2.24) is 5.32 Å². The Balaban J connectivity index is 3.39. The van der Waals surface area contributed by atoms with Gasteiger partial charge in [0.25, 0.3) is 0 Å². The number of amides is 1. The number of carbonyl (C=O) groups excluding carboxylic acids is 2. The first kappa shape index (κ1) is 69.3. The third-order valence-corrected chi connectivity index (χ3v) is 15.0. The largest absolute Gasteiger partial charge is 0.466 e. The van der Waals surface area contributed by atoms with Crippen LogP contribution in [0.2, 0.25) is 0 Å². The highest BCUT2D eigenvalue weighted by molar-refractivity contribution is 5.76. The lowest BCUT2D eigenvalue weighted by molar-refractivity contribution is -0.143. The summed E-state index contributed by atoms with van der Waals surface area (Å²) in [5.74, 6) is -0.0345. The van der Waals surface area contributed by atoms with Crippen molar-refractivity contribution in [3.8, 4) is 0 Å². The van der Waals surface area contributed by atoms with Crippen molar-refractivity contribution in [2.45, 2.75) is 366 Å². The molecule has 2 atom stereocenters. The normalized spacial score (nSPS) is 12.7. The SMILES string of the molecule is CCCCC/C=C\C/C=C\CCCCCCCC(=O)OCCCCCCCCCCCCCCCCCCCCCCCC(=O)NC(CO)C(O)CCCCCCCCCCCCCCCCCCCC. The molecule has 0 aliphatic rings. The van der Waals surface area contributed by atoms with E-state index in [-0.39, 0.29) is 18.5 Å². The summed E-state index contributed by atoms with van der Waals surface area (Å²) in [7, 11) is 0. The van der Waals surface area contributed by atoms with Crippen LogP contribution in [0.1, 0.15) is 354 Å². The van der Waals surface area contributed by atoms with Crippen molar-refractivity contribution >= 4 is 11.9 Å². The van der Waals surface area contributed by atoms with Crippen LogP contribution in [-0.4, -0.2) is 47.4 Å². The summed E-state index contributed by atoms with van der Waals surface area (Å²) in [6.45, 7) is 4.94. The zero-order valence-electron chi connectivity index (χ0n) is 48.0. The summed E-state index contributed by atoms with van der Waals surface area (Å²) in [5.41, 5.74) is 0. The number of ether oxygens (including phenoxy) is 1. The second-order valence-corrected chi connectivity index (χ2v) is 22.1. The van der Waals surface area contributed by atoms with E-state index in [1.807, 2.05) is 0 Å². The summed E-state index contributed by atoms with van der Waals surface area (Å²) in [6.07, 6.45) is 74.7. The van der Waals surface area contributed by atoms with Gasteiger partial charge in [-0.2, -0.15) is 0 Å². The van der Waals surface area contributed by atoms with E-state index in [9.17, 15) is 19.8 Å². The molecule has 0 radical (unpaired) electrons. The standard InChI is InChI=1S/C65H125NO5/c1-3-5-7-9-11-13-15-17-19-20-26-30-33-37-41-45-49-53-57-63(68)62(61-67)66-64(69)58-54-50-46-42-38-34-31-27-24-22-21-23-25-28-32-36-40-44-48-52-56-60-71-65(70)59-55-51-47-43-39-35-29-18-16-14-12-10-8-6-4-2/h12,14,18,29,62-63,67-68H,3-11,13,15-17,19-28,30-61H2,1-2H3,(H,66,69)/b14-12-,29-18-. The van der Waals surface area contributed by atoms with Gasteiger partial charge in [-0.05, 0) is 57.8 Å². The molecule has 0 aromatic heterocycles. The van der Waals surface area contributed by atoms with Gasteiger partial charge in [0, 0.05) is 12.8 Å². The number of hydrogen-bond donors (Lipinski definition) is 3. The van der Waals surface area contributed by atoms with Gasteiger partial charge >= 0.3 is 5.97 Å². The minimum atomic E-state index is -0.665. The molecule has 0 saturated heterocycles. The van der Waals surface area contributed by atoms with Gasteiger partial charge < -0.3 is 20.3 Å². The smallest absolute Gasteiger partial charge is 0.305 e. The minimum absolute atomic E-state index is 0.00137. The first-order chi connectivity index (χ1) is 35.0. The summed E-state index contributed by atoms with van der Waals surface area (Å²) in [5, 5.41) is 23.4. The van der Waals surface area contributed by atoms with Gasteiger partial charge in [0.05, 0.1) is 25.4 Å². The molecule has 420 valence electrons. The molecule has 0 heterocycles. The van der Waals surface area contributed by atoms with Gasteiger partial charge in [0.2, 0.25) is 5.91 Å². The number of rotatable bonds is 60. The van der Waals surface area contributed by atoms with Gasteiger partial charge in [0.1, 0.15) is 0 Å². The summed E-state index contributed by atoms with van der Waals surface area (Å²) in [6, 6.07) is -0.543. The zero-order valence-corrected chi connectivity index (χ0v) is 48.0. The third kappa shape index (κ3) is 57.5. The van der Waals surface area contributed by atoms with Gasteiger partial charge in [-0.3, -0.25) is 9.59 Å². The maximum atomic E-state index is 12.5. The van der Waals surface area contributed by atoms with E-state index in [1.165, 1.54) is 270 Å². The fourth-order valence-corrected chi connectivity index (χ4v) is 10.1. The number of aliphatic hydroxyl groups excluding tert-OH is 2. The molecule has 6 nitrogen and oxygen atoms in total. The number of unbranched alkanes of at least 4 members (excludes halogenated alkanes) is 45.